The molecular formula is C39H52N8O4. The standard InChI is InChI=1S/C39H52N8O4/c1-23(2)33(40-5)37(48)46-19-7-9-31(46)35-41-21-29(43-35)27-15-11-25(12-16-27)26-13-17-28(18-14-26)30-22-42-36(44-30)32-10-8-20-47(32)38(49)34(24(3)4)45-39(50)51-6/h11-18,21-24,31-34,36,40,42,44H,7-10,19-20H2,1-6H3,(H,41,43)(H,45,50)/t31-,32?,33-,34-,36+/m0/s1. The number of likely N-dealkylation sites (N-methyl/N-ethyl adjacent to an activating group) is 1. The maximum absolute atomic E-state index is 13.5. The Morgan fingerprint density at radius 1 is 0.824 bits per heavy atom. The quantitative estimate of drug-likeness (QED) is 0.192. The Balaban J connectivity index is 1.07. The zero-order chi connectivity index (χ0) is 36.2. The summed E-state index contributed by atoms with van der Waals surface area (Å²) in [6.45, 7) is 9.38. The molecule has 2 saturated heterocycles. The van der Waals surface area contributed by atoms with Crippen molar-refractivity contribution in [3.63, 3.8) is 0 Å². The molecule has 0 radical (unpaired) electrons. The van der Waals surface area contributed by atoms with Crippen LogP contribution in [-0.2, 0) is 14.3 Å². The van der Waals surface area contributed by atoms with Gasteiger partial charge in [0.25, 0.3) is 0 Å². The number of aromatic amines is 1. The van der Waals surface area contributed by atoms with Crippen LogP contribution in [0.25, 0.3) is 28.1 Å². The van der Waals surface area contributed by atoms with E-state index in [1.165, 1.54) is 7.11 Å². The van der Waals surface area contributed by atoms with Crippen molar-refractivity contribution < 1.29 is 19.1 Å². The van der Waals surface area contributed by atoms with Gasteiger partial charge in [-0.1, -0.05) is 76.2 Å². The molecule has 1 unspecified atom stereocenters. The molecule has 2 fully saturated rings. The number of likely N-dealkylation sites (tertiary alicyclic amines) is 2. The first-order chi connectivity index (χ1) is 24.6. The zero-order valence-electron chi connectivity index (χ0n) is 30.5. The number of nitrogens with one attached hydrogen (secondary N) is 5. The highest BCUT2D eigenvalue weighted by Gasteiger charge is 2.40. The Morgan fingerprint density at radius 2 is 1.41 bits per heavy atom. The molecule has 0 spiro atoms. The maximum Gasteiger partial charge on any atom is 0.407 e. The third-order valence-corrected chi connectivity index (χ3v) is 10.5. The molecule has 3 aromatic rings. The topological polar surface area (TPSA) is 144 Å². The fourth-order valence-corrected chi connectivity index (χ4v) is 7.66. The van der Waals surface area contributed by atoms with E-state index in [-0.39, 0.29) is 47.9 Å². The lowest BCUT2D eigenvalue weighted by molar-refractivity contribution is -0.136. The minimum atomic E-state index is -0.647. The van der Waals surface area contributed by atoms with Gasteiger partial charge < -0.3 is 40.8 Å². The van der Waals surface area contributed by atoms with Gasteiger partial charge in [0.05, 0.1) is 42.8 Å². The van der Waals surface area contributed by atoms with Crippen molar-refractivity contribution in [2.75, 3.05) is 27.2 Å². The number of rotatable bonds is 11. The number of benzene rings is 2. The second-order valence-electron chi connectivity index (χ2n) is 14.5. The SMILES string of the molecule is CN[C@H](C(=O)N1CCC[C@H]1c1ncc(-c2ccc(-c3ccc(C4=CN[C@@H](C5CCCN5C(=O)[C@@H](NC(=O)OC)C(C)C)N4)cc3)cc2)[nH]1)C(C)C. The van der Waals surface area contributed by atoms with E-state index < -0.39 is 12.1 Å². The van der Waals surface area contributed by atoms with E-state index in [1.807, 2.05) is 43.1 Å². The minimum absolute atomic E-state index is 0.0410. The Morgan fingerprint density at radius 3 is 2.04 bits per heavy atom. The molecule has 3 aliphatic heterocycles. The van der Waals surface area contributed by atoms with Gasteiger partial charge in [-0.3, -0.25) is 9.59 Å². The predicted molar refractivity (Wildman–Crippen MR) is 198 cm³/mol. The smallest absolute Gasteiger partial charge is 0.407 e. The maximum atomic E-state index is 13.5. The number of amides is 3. The molecular weight excluding hydrogens is 644 g/mol. The number of methoxy groups -OCH3 is 1. The first-order valence-electron chi connectivity index (χ1n) is 18.2. The van der Waals surface area contributed by atoms with E-state index in [9.17, 15) is 14.4 Å². The van der Waals surface area contributed by atoms with Gasteiger partial charge in [-0.05, 0) is 66.8 Å². The number of nitrogens with zero attached hydrogens (tertiary/aromatic N) is 3. The number of carbonyl (C=O) groups is 3. The van der Waals surface area contributed by atoms with Crippen LogP contribution in [0.5, 0.6) is 0 Å². The van der Waals surface area contributed by atoms with Gasteiger partial charge in [0.2, 0.25) is 11.8 Å². The number of aromatic nitrogens is 2. The summed E-state index contributed by atoms with van der Waals surface area (Å²) in [5.74, 6) is 1.02. The molecule has 3 amide bonds. The molecule has 12 heteroatoms. The summed E-state index contributed by atoms with van der Waals surface area (Å²) in [6, 6.07) is 15.9. The molecule has 51 heavy (non-hydrogen) atoms. The largest absolute Gasteiger partial charge is 0.453 e. The van der Waals surface area contributed by atoms with Crippen LogP contribution >= 0.6 is 0 Å². The Hall–Kier alpha value is -4.84. The molecule has 0 aliphatic carbocycles. The highest BCUT2D eigenvalue weighted by atomic mass is 16.5. The fraction of sp³-hybridized carbons (Fsp3) is 0.487. The van der Waals surface area contributed by atoms with Crippen molar-refractivity contribution in [2.24, 2.45) is 11.8 Å². The highest BCUT2D eigenvalue weighted by Crippen LogP contribution is 2.33. The molecule has 12 nitrogen and oxygen atoms in total. The van der Waals surface area contributed by atoms with E-state index >= 15 is 0 Å². The van der Waals surface area contributed by atoms with Gasteiger partial charge in [0.15, 0.2) is 0 Å². The Kier molecular flexibility index (Phi) is 11.0. The van der Waals surface area contributed by atoms with E-state index in [1.54, 1.807) is 0 Å². The van der Waals surface area contributed by atoms with Crippen LogP contribution in [0.1, 0.15) is 70.8 Å². The van der Waals surface area contributed by atoms with E-state index in [2.05, 4.69) is 88.6 Å². The van der Waals surface area contributed by atoms with Crippen LogP contribution in [-0.4, -0.2) is 89.2 Å². The number of ether oxygens (including phenoxy) is 1. The third-order valence-electron chi connectivity index (χ3n) is 10.5. The van der Waals surface area contributed by atoms with Crippen LogP contribution in [0.2, 0.25) is 0 Å². The molecule has 3 aliphatic rings. The van der Waals surface area contributed by atoms with Crippen molar-refractivity contribution in [3.8, 4) is 22.4 Å². The van der Waals surface area contributed by atoms with E-state index in [4.69, 9.17) is 9.72 Å². The summed E-state index contributed by atoms with van der Waals surface area (Å²) in [7, 11) is 3.15. The molecule has 0 saturated carbocycles. The summed E-state index contributed by atoms with van der Waals surface area (Å²) in [5, 5.41) is 13.0. The molecule has 2 aromatic carbocycles. The number of carbonyl (C=O) groups excluding carboxylic acids is 3. The Bertz CT molecular complexity index is 1720. The normalized spacial score (nSPS) is 21.3. The van der Waals surface area contributed by atoms with E-state index in [0.717, 1.165) is 71.7 Å². The second-order valence-corrected chi connectivity index (χ2v) is 14.5. The number of hydrogen-bond acceptors (Lipinski definition) is 8. The number of alkyl carbamates (subject to hydrolysis) is 1. The van der Waals surface area contributed by atoms with Crippen molar-refractivity contribution in [1.29, 1.82) is 0 Å². The average molecular weight is 697 g/mol. The fourth-order valence-electron chi connectivity index (χ4n) is 7.66. The molecule has 272 valence electrons. The van der Waals surface area contributed by atoms with Crippen molar-refractivity contribution >= 4 is 23.6 Å². The van der Waals surface area contributed by atoms with Gasteiger partial charge in [0, 0.05) is 19.3 Å². The summed E-state index contributed by atoms with van der Waals surface area (Å²) in [6.07, 6.45) is 6.75. The van der Waals surface area contributed by atoms with Gasteiger partial charge >= 0.3 is 6.09 Å². The Labute approximate surface area is 300 Å². The molecule has 4 heterocycles. The number of hydrogen-bond donors (Lipinski definition) is 5. The predicted octanol–water partition coefficient (Wildman–Crippen LogP) is 4.84. The first kappa shape index (κ1) is 36.0. The molecule has 1 aromatic heterocycles. The second kappa shape index (κ2) is 15.6. The molecule has 5 atom stereocenters. The van der Waals surface area contributed by atoms with Gasteiger partial charge in [-0.15, -0.1) is 0 Å². The van der Waals surface area contributed by atoms with Crippen molar-refractivity contribution in [3.05, 3.63) is 72.3 Å². The van der Waals surface area contributed by atoms with E-state index in [0.29, 0.717) is 6.54 Å². The van der Waals surface area contributed by atoms with Crippen molar-refractivity contribution in [1.82, 2.24) is 41.0 Å². The highest BCUT2D eigenvalue weighted by molar-refractivity contribution is 5.86. The summed E-state index contributed by atoms with van der Waals surface area (Å²) in [4.78, 5) is 50.8. The van der Waals surface area contributed by atoms with Gasteiger partial charge in [-0.2, -0.15) is 0 Å². The summed E-state index contributed by atoms with van der Waals surface area (Å²) < 4.78 is 4.76. The van der Waals surface area contributed by atoms with Gasteiger partial charge in [-0.25, -0.2) is 9.78 Å². The molecule has 0 bridgehead atoms. The third kappa shape index (κ3) is 7.61. The van der Waals surface area contributed by atoms with Gasteiger partial charge in [0.1, 0.15) is 18.0 Å². The summed E-state index contributed by atoms with van der Waals surface area (Å²) in [5.41, 5.74) is 6.20. The minimum Gasteiger partial charge on any atom is -0.453 e. The lowest BCUT2D eigenvalue weighted by Crippen LogP contribution is -2.57. The molecule has 6 rings (SSSR count). The number of imidazole rings is 1. The average Bonchev–Trinajstić information content (AvgIpc) is 3.97. The lowest BCUT2D eigenvalue weighted by atomic mass is 10.0. The van der Waals surface area contributed by atoms with Crippen LogP contribution < -0.4 is 21.3 Å². The van der Waals surface area contributed by atoms with Crippen LogP contribution in [0.3, 0.4) is 0 Å². The first-order valence-corrected chi connectivity index (χ1v) is 18.2. The molecule has 5 N–H and O–H groups in total. The van der Waals surface area contributed by atoms with Crippen LogP contribution in [0.4, 0.5) is 4.79 Å². The summed E-state index contributed by atoms with van der Waals surface area (Å²) >= 11 is 0. The lowest BCUT2D eigenvalue weighted by Gasteiger charge is -2.34. The van der Waals surface area contributed by atoms with Crippen LogP contribution in [0.15, 0.2) is 60.9 Å². The van der Waals surface area contributed by atoms with Crippen molar-refractivity contribution in [2.45, 2.75) is 83.7 Å². The monoisotopic (exact) mass is 696 g/mol. The zero-order valence-corrected chi connectivity index (χ0v) is 30.5. The van der Waals surface area contributed by atoms with Crippen LogP contribution in [0, 0.1) is 11.8 Å². The number of H-pyrrole nitrogens is 1.